The Bertz CT molecular complexity index is 566. The third kappa shape index (κ3) is 1.93. The monoisotopic (exact) mass is 266 g/mol. The van der Waals surface area contributed by atoms with Gasteiger partial charge in [0.25, 0.3) is 0 Å². The number of thiazole rings is 1. The Balaban J connectivity index is 2.21. The van der Waals surface area contributed by atoms with Crippen LogP contribution in [0.2, 0.25) is 0 Å². The van der Waals surface area contributed by atoms with Gasteiger partial charge in [0.05, 0.1) is 5.69 Å². The quantitative estimate of drug-likeness (QED) is 0.853. The summed E-state index contributed by atoms with van der Waals surface area (Å²) in [6.45, 7) is 0. The Kier molecular flexibility index (Phi) is 2.80. The van der Waals surface area contributed by atoms with E-state index in [1.54, 1.807) is 29.2 Å². The van der Waals surface area contributed by atoms with Crippen LogP contribution in [0.5, 0.6) is 0 Å². The van der Waals surface area contributed by atoms with Gasteiger partial charge in [0.15, 0.2) is 5.13 Å². The lowest BCUT2D eigenvalue weighted by molar-refractivity contribution is 0.627. The molecule has 0 saturated heterocycles. The molecule has 0 atom stereocenters. The molecule has 0 amide bonds. The summed E-state index contributed by atoms with van der Waals surface area (Å²) in [4.78, 5) is 6.90. The van der Waals surface area contributed by atoms with Crippen LogP contribution in [0.1, 0.15) is 4.88 Å². The average molecular weight is 266 g/mol. The molecule has 17 heavy (non-hydrogen) atoms. The Hall–Kier alpha value is -1.07. The van der Waals surface area contributed by atoms with Crippen LogP contribution in [0.3, 0.4) is 0 Å². The molecule has 1 aliphatic heterocycles. The van der Waals surface area contributed by atoms with Crippen LogP contribution in [-0.2, 0) is 6.42 Å². The van der Waals surface area contributed by atoms with E-state index in [-0.39, 0.29) is 5.82 Å². The molecule has 0 bridgehead atoms. The average Bonchev–Trinajstić information content (AvgIpc) is 2.67. The van der Waals surface area contributed by atoms with Gasteiger partial charge in [0.2, 0.25) is 0 Å². The number of fused-ring (bicyclic) bond motifs is 3. The highest BCUT2D eigenvalue weighted by atomic mass is 32.2. The second kappa shape index (κ2) is 4.31. The molecule has 0 unspecified atom stereocenters. The fraction of sp³-hybridized carbons (Fsp3) is 0.250. The van der Waals surface area contributed by atoms with Crippen molar-refractivity contribution in [1.82, 2.24) is 4.98 Å². The number of benzene rings is 1. The molecular weight excluding hydrogens is 255 g/mol. The first-order valence-electron chi connectivity index (χ1n) is 5.38. The summed E-state index contributed by atoms with van der Waals surface area (Å²) < 4.78 is 13.4. The molecule has 1 N–H and O–H groups in total. The normalized spacial score (nSPS) is 13.8. The molecule has 5 heteroatoms. The molecule has 3 rings (SSSR count). The summed E-state index contributed by atoms with van der Waals surface area (Å²) in [7, 11) is 1.86. The smallest absolute Gasteiger partial charge is 0.183 e. The molecule has 0 aliphatic carbocycles. The van der Waals surface area contributed by atoms with E-state index in [0.29, 0.717) is 0 Å². The standard InChI is InChI=1S/C12H11FN2S2/c1-14-12-15-11-8-6-7(13)2-3-9(8)16-5-4-10(11)17-12/h2-3,6H,4-5H2,1H3,(H,14,15). The molecule has 1 aromatic heterocycles. The number of aromatic nitrogens is 1. The Morgan fingerprint density at radius 1 is 1.41 bits per heavy atom. The molecule has 0 saturated carbocycles. The van der Waals surface area contributed by atoms with Crippen LogP contribution in [0.4, 0.5) is 9.52 Å². The van der Waals surface area contributed by atoms with Crippen LogP contribution < -0.4 is 5.32 Å². The Morgan fingerprint density at radius 2 is 2.29 bits per heavy atom. The van der Waals surface area contributed by atoms with Crippen LogP contribution in [0.25, 0.3) is 11.3 Å². The third-order valence-corrected chi connectivity index (χ3v) is 4.90. The van der Waals surface area contributed by atoms with Crippen LogP contribution in [0, 0.1) is 5.82 Å². The van der Waals surface area contributed by atoms with E-state index in [9.17, 15) is 4.39 Å². The second-order valence-corrected chi connectivity index (χ2v) is 6.00. The molecule has 2 heterocycles. The number of aryl methyl sites for hydroxylation is 1. The molecule has 88 valence electrons. The van der Waals surface area contributed by atoms with E-state index < -0.39 is 0 Å². The predicted octanol–water partition coefficient (Wildman–Crippen LogP) is 3.64. The van der Waals surface area contributed by atoms with Gasteiger partial charge < -0.3 is 5.32 Å². The van der Waals surface area contributed by atoms with Gasteiger partial charge in [-0.05, 0) is 24.6 Å². The topological polar surface area (TPSA) is 24.9 Å². The maximum atomic E-state index is 13.4. The molecule has 2 aromatic rings. The van der Waals surface area contributed by atoms with Crippen LogP contribution in [0.15, 0.2) is 23.1 Å². The number of rotatable bonds is 1. The molecular formula is C12H11FN2S2. The van der Waals surface area contributed by atoms with Crippen molar-refractivity contribution in [2.75, 3.05) is 18.1 Å². The summed E-state index contributed by atoms with van der Waals surface area (Å²) >= 11 is 3.43. The number of hydrogen-bond donors (Lipinski definition) is 1. The van der Waals surface area contributed by atoms with Gasteiger partial charge in [-0.25, -0.2) is 9.37 Å². The number of halogens is 1. The second-order valence-electron chi connectivity index (χ2n) is 3.78. The van der Waals surface area contributed by atoms with Crippen molar-refractivity contribution in [2.24, 2.45) is 0 Å². The van der Waals surface area contributed by atoms with E-state index in [1.807, 2.05) is 13.1 Å². The van der Waals surface area contributed by atoms with Gasteiger partial charge in [-0.15, -0.1) is 23.1 Å². The van der Waals surface area contributed by atoms with Crippen LogP contribution in [-0.4, -0.2) is 17.8 Å². The van der Waals surface area contributed by atoms with Crippen molar-refractivity contribution < 1.29 is 4.39 Å². The zero-order valence-electron chi connectivity index (χ0n) is 9.29. The maximum Gasteiger partial charge on any atom is 0.183 e. The van der Waals surface area contributed by atoms with Crippen molar-refractivity contribution in [1.29, 1.82) is 0 Å². The van der Waals surface area contributed by atoms with Crippen molar-refractivity contribution >= 4 is 28.2 Å². The first-order valence-corrected chi connectivity index (χ1v) is 7.18. The van der Waals surface area contributed by atoms with Crippen molar-refractivity contribution in [3.63, 3.8) is 0 Å². The van der Waals surface area contributed by atoms with E-state index >= 15 is 0 Å². The number of nitrogens with zero attached hydrogens (tertiary/aromatic N) is 1. The summed E-state index contributed by atoms with van der Waals surface area (Å²) in [5.74, 6) is 0.827. The molecule has 0 fully saturated rings. The van der Waals surface area contributed by atoms with Crippen LogP contribution >= 0.6 is 23.1 Å². The molecule has 1 aliphatic rings. The SMILES string of the molecule is CNc1nc2c(s1)CCSc1ccc(F)cc1-2. The molecule has 0 spiro atoms. The zero-order valence-corrected chi connectivity index (χ0v) is 10.9. The van der Waals surface area contributed by atoms with Gasteiger partial charge in [0.1, 0.15) is 5.82 Å². The summed E-state index contributed by atoms with van der Waals surface area (Å²) in [5, 5.41) is 3.96. The summed E-state index contributed by atoms with van der Waals surface area (Å²) in [5.41, 5.74) is 1.87. The van der Waals surface area contributed by atoms with Gasteiger partial charge in [-0.2, -0.15) is 0 Å². The van der Waals surface area contributed by atoms with E-state index in [0.717, 1.165) is 33.5 Å². The lowest BCUT2D eigenvalue weighted by Crippen LogP contribution is -1.88. The number of hydrogen-bond acceptors (Lipinski definition) is 4. The molecule has 2 nitrogen and oxygen atoms in total. The van der Waals surface area contributed by atoms with E-state index in [1.165, 1.54) is 10.9 Å². The number of thioether (sulfide) groups is 1. The Labute approximate surface area is 107 Å². The van der Waals surface area contributed by atoms with E-state index in [2.05, 4.69) is 10.3 Å². The largest absolute Gasteiger partial charge is 0.365 e. The fourth-order valence-electron chi connectivity index (χ4n) is 1.91. The van der Waals surface area contributed by atoms with E-state index in [4.69, 9.17) is 0 Å². The van der Waals surface area contributed by atoms with Gasteiger partial charge in [0, 0.05) is 28.1 Å². The Morgan fingerprint density at radius 3 is 3.12 bits per heavy atom. The van der Waals surface area contributed by atoms with Gasteiger partial charge >= 0.3 is 0 Å². The summed E-state index contributed by atoms with van der Waals surface area (Å²) in [6.07, 6.45) is 0.996. The molecule has 1 aromatic carbocycles. The van der Waals surface area contributed by atoms with Crippen molar-refractivity contribution in [3.05, 3.63) is 28.9 Å². The number of nitrogens with one attached hydrogen (secondary N) is 1. The molecule has 0 radical (unpaired) electrons. The van der Waals surface area contributed by atoms with Crippen molar-refractivity contribution in [2.45, 2.75) is 11.3 Å². The van der Waals surface area contributed by atoms with Gasteiger partial charge in [-0.1, -0.05) is 0 Å². The lowest BCUT2D eigenvalue weighted by atomic mass is 10.1. The van der Waals surface area contributed by atoms with Crippen molar-refractivity contribution in [3.8, 4) is 11.3 Å². The first kappa shape index (κ1) is 11.0. The number of anilines is 1. The predicted molar refractivity (Wildman–Crippen MR) is 71.5 cm³/mol. The fourth-order valence-corrected chi connectivity index (χ4v) is 3.96. The lowest BCUT2D eigenvalue weighted by Gasteiger charge is -2.04. The summed E-state index contributed by atoms with van der Waals surface area (Å²) in [6, 6.07) is 4.96. The first-order chi connectivity index (χ1) is 8.28. The third-order valence-electron chi connectivity index (χ3n) is 2.69. The minimum atomic E-state index is -0.198. The maximum absolute atomic E-state index is 13.4. The highest BCUT2D eigenvalue weighted by molar-refractivity contribution is 7.99. The minimum absolute atomic E-state index is 0.198. The highest BCUT2D eigenvalue weighted by Gasteiger charge is 2.19. The van der Waals surface area contributed by atoms with Gasteiger partial charge in [-0.3, -0.25) is 0 Å². The highest BCUT2D eigenvalue weighted by Crippen LogP contribution is 2.40. The minimum Gasteiger partial charge on any atom is -0.365 e. The zero-order chi connectivity index (χ0) is 11.8.